The van der Waals surface area contributed by atoms with Crippen molar-refractivity contribution in [1.29, 1.82) is 0 Å². The second-order valence-corrected chi connectivity index (χ2v) is 4.71. The fourth-order valence-corrected chi connectivity index (χ4v) is 1.74. The van der Waals surface area contributed by atoms with Gasteiger partial charge in [0.2, 0.25) is 5.91 Å². The van der Waals surface area contributed by atoms with Crippen molar-refractivity contribution >= 4 is 21.8 Å². The van der Waals surface area contributed by atoms with E-state index in [0.29, 0.717) is 19.5 Å². The Kier molecular flexibility index (Phi) is 5.49. The van der Waals surface area contributed by atoms with Crippen LogP contribution in [0, 0.1) is 0 Å². The maximum absolute atomic E-state index is 11.5. The Bertz CT molecular complexity index is 337. The average Bonchev–Trinajstić information content (AvgIpc) is 2.27. The molecule has 3 N–H and O–H groups in total. The first-order valence-electron chi connectivity index (χ1n) is 5.35. The minimum Gasteiger partial charge on any atom is -0.355 e. The lowest BCUT2D eigenvalue weighted by Crippen LogP contribution is -2.29. The van der Waals surface area contributed by atoms with Crippen LogP contribution in [0.1, 0.15) is 24.8 Å². The number of halogens is 1. The number of amides is 1. The molecule has 3 nitrogen and oxygen atoms in total. The second kappa shape index (κ2) is 6.66. The quantitative estimate of drug-likeness (QED) is 0.869. The Hall–Kier alpha value is -0.870. The lowest BCUT2D eigenvalue weighted by atomic mass is 9.98. The van der Waals surface area contributed by atoms with Gasteiger partial charge < -0.3 is 11.1 Å². The first kappa shape index (κ1) is 13.2. The molecule has 0 aromatic heterocycles. The molecule has 0 aliphatic carbocycles. The molecule has 0 radical (unpaired) electrons. The van der Waals surface area contributed by atoms with E-state index in [9.17, 15) is 4.79 Å². The zero-order valence-electron chi connectivity index (χ0n) is 9.37. The van der Waals surface area contributed by atoms with Crippen LogP contribution in [-0.4, -0.2) is 19.0 Å². The molecule has 0 aliphatic heterocycles. The Morgan fingerprint density at radius 1 is 1.44 bits per heavy atom. The largest absolute Gasteiger partial charge is 0.355 e. The number of benzene rings is 1. The fourth-order valence-electron chi connectivity index (χ4n) is 1.47. The van der Waals surface area contributed by atoms with Gasteiger partial charge in [-0.25, -0.2) is 0 Å². The highest BCUT2D eigenvalue weighted by atomic mass is 79.9. The van der Waals surface area contributed by atoms with E-state index in [2.05, 4.69) is 21.2 Å². The number of carbonyl (C=O) groups excluding carboxylic acids is 1. The molecule has 0 aliphatic rings. The number of hydrogen-bond acceptors (Lipinski definition) is 2. The smallest absolute Gasteiger partial charge is 0.220 e. The topological polar surface area (TPSA) is 55.1 Å². The highest BCUT2D eigenvalue weighted by Crippen LogP contribution is 2.20. The summed E-state index contributed by atoms with van der Waals surface area (Å²) in [6.07, 6.45) is 0.502. The van der Waals surface area contributed by atoms with Crippen molar-refractivity contribution < 1.29 is 4.79 Å². The molecule has 1 atom stereocenters. The molecule has 88 valence electrons. The minimum atomic E-state index is 0.0564. The molecule has 4 heteroatoms. The second-order valence-electron chi connectivity index (χ2n) is 3.80. The van der Waals surface area contributed by atoms with Gasteiger partial charge in [-0.05, 0) is 23.6 Å². The van der Waals surface area contributed by atoms with E-state index in [-0.39, 0.29) is 11.8 Å². The Morgan fingerprint density at radius 2 is 2.06 bits per heavy atom. The van der Waals surface area contributed by atoms with Gasteiger partial charge in [-0.2, -0.15) is 0 Å². The maximum atomic E-state index is 11.5. The monoisotopic (exact) mass is 284 g/mol. The SMILES string of the molecule is CC(CC(=O)NCCN)c1ccc(Br)cc1. The van der Waals surface area contributed by atoms with Crippen LogP contribution >= 0.6 is 15.9 Å². The van der Waals surface area contributed by atoms with Crippen molar-refractivity contribution in [3.63, 3.8) is 0 Å². The van der Waals surface area contributed by atoms with Crippen LogP contribution in [-0.2, 0) is 4.79 Å². The van der Waals surface area contributed by atoms with Crippen molar-refractivity contribution in [2.45, 2.75) is 19.3 Å². The van der Waals surface area contributed by atoms with Crippen LogP contribution in [0.25, 0.3) is 0 Å². The molecule has 1 amide bonds. The third kappa shape index (κ3) is 4.33. The normalized spacial score (nSPS) is 12.2. The number of rotatable bonds is 5. The molecule has 0 bridgehead atoms. The third-order valence-electron chi connectivity index (χ3n) is 2.40. The van der Waals surface area contributed by atoms with Crippen LogP contribution in [0.15, 0.2) is 28.7 Å². The van der Waals surface area contributed by atoms with Crippen molar-refractivity contribution in [3.05, 3.63) is 34.3 Å². The molecule has 0 fully saturated rings. The Labute approximate surface area is 105 Å². The molecule has 1 unspecified atom stereocenters. The van der Waals surface area contributed by atoms with E-state index in [4.69, 9.17) is 5.73 Å². The summed E-state index contributed by atoms with van der Waals surface area (Å²) in [5, 5.41) is 2.77. The van der Waals surface area contributed by atoms with Gasteiger partial charge in [-0.3, -0.25) is 4.79 Å². The molecule has 0 saturated heterocycles. The van der Waals surface area contributed by atoms with E-state index in [1.165, 1.54) is 5.56 Å². The molecule has 0 spiro atoms. The van der Waals surface area contributed by atoms with Crippen molar-refractivity contribution in [2.24, 2.45) is 5.73 Å². The summed E-state index contributed by atoms with van der Waals surface area (Å²) in [6, 6.07) is 8.04. The number of nitrogens with one attached hydrogen (secondary N) is 1. The summed E-state index contributed by atoms with van der Waals surface area (Å²) in [5.74, 6) is 0.284. The molecule has 1 aromatic carbocycles. The summed E-state index contributed by atoms with van der Waals surface area (Å²) >= 11 is 3.39. The molecule has 0 heterocycles. The van der Waals surface area contributed by atoms with Gasteiger partial charge in [-0.1, -0.05) is 35.0 Å². The van der Waals surface area contributed by atoms with Crippen LogP contribution in [0.4, 0.5) is 0 Å². The van der Waals surface area contributed by atoms with E-state index in [1.807, 2.05) is 31.2 Å². The molecule has 1 rings (SSSR count). The van der Waals surface area contributed by atoms with Gasteiger partial charge in [0.15, 0.2) is 0 Å². The highest BCUT2D eigenvalue weighted by molar-refractivity contribution is 9.10. The number of hydrogen-bond donors (Lipinski definition) is 2. The van der Waals surface area contributed by atoms with Crippen LogP contribution in [0.2, 0.25) is 0 Å². The fraction of sp³-hybridized carbons (Fsp3) is 0.417. The van der Waals surface area contributed by atoms with E-state index < -0.39 is 0 Å². The first-order valence-corrected chi connectivity index (χ1v) is 6.15. The van der Waals surface area contributed by atoms with Gasteiger partial charge in [-0.15, -0.1) is 0 Å². The lowest BCUT2D eigenvalue weighted by molar-refractivity contribution is -0.121. The zero-order chi connectivity index (χ0) is 12.0. The van der Waals surface area contributed by atoms with Gasteiger partial charge in [0, 0.05) is 24.0 Å². The molecule has 1 aromatic rings. The van der Waals surface area contributed by atoms with E-state index >= 15 is 0 Å². The summed E-state index contributed by atoms with van der Waals surface area (Å²) in [7, 11) is 0. The van der Waals surface area contributed by atoms with Crippen LogP contribution in [0.3, 0.4) is 0 Å². The van der Waals surface area contributed by atoms with Gasteiger partial charge in [0.25, 0.3) is 0 Å². The van der Waals surface area contributed by atoms with Crippen molar-refractivity contribution in [2.75, 3.05) is 13.1 Å². The first-order chi connectivity index (χ1) is 7.63. The minimum absolute atomic E-state index is 0.0564. The predicted molar refractivity (Wildman–Crippen MR) is 69.2 cm³/mol. The lowest BCUT2D eigenvalue weighted by Gasteiger charge is -2.11. The van der Waals surface area contributed by atoms with Gasteiger partial charge in [0.1, 0.15) is 0 Å². The summed E-state index contributed by atoms with van der Waals surface area (Å²) in [6.45, 7) is 3.08. The molecule has 0 saturated carbocycles. The average molecular weight is 285 g/mol. The zero-order valence-corrected chi connectivity index (χ0v) is 11.0. The Morgan fingerprint density at radius 3 is 2.62 bits per heavy atom. The van der Waals surface area contributed by atoms with Crippen LogP contribution in [0.5, 0.6) is 0 Å². The Balaban J connectivity index is 2.48. The highest BCUT2D eigenvalue weighted by Gasteiger charge is 2.10. The molecular weight excluding hydrogens is 268 g/mol. The van der Waals surface area contributed by atoms with Gasteiger partial charge >= 0.3 is 0 Å². The van der Waals surface area contributed by atoms with Gasteiger partial charge in [0.05, 0.1) is 0 Å². The summed E-state index contributed by atoms with van der Waals surface area (Å²) in [4.78, 5) is 11.5. The molecular formula is C12H17BrN2O. The van der Waals surface area contributed by atoms with E-state index in [0.717, 1.165) is 4.47 Å². The number of nitrogens with two attached hydrogens (primary N) is 1. The van der Waals surface area contributed by atoms with Crippen molar-refractivity contribution in [1.82, 2.24) is 5.32 Å². The summed E-state index contributed by atoms with van der Waals surface area (Å²) < 4.78 is 1.05. The number of carbonyl (C=O) groups is 1. The predicted octanol–water partition coefficient (Wildman–Crippen LogP) is 2.02. The third-order valence-corrected chi connectivity index (χ3v) is 2.93. The maximum Gasteiger partial charge on any atom is 0.220 e. The van der Waals surface area contributed by atoms with Crippen molar-refractivity contribution in [3.8, 4) is 0 Å². The standard InChI is InChI=1S/C12H17BrN2O/c1-9(8-12(16)15-7-6-14)10-2-4-11(13)5-3-10/h2-5,9H,6-8,14H2,1H3,(H,15,16). The molecule has 16 heavy (non-hydrogen) atoms. The van der Waals surface area contributed by atoms with Crippen LogP contribution < -0.4 is 11.1 Å². The van der Waals surface area contributed by atoms with E-state index in [1.54, 1.807) is 0 Å². The summed E-state index contributed by atoms with van der Waals surface area (Å²) in [5.41, 5.74) is 6.49.